The summed E-state index contributed by atoms with van der Waals surface area (Å²) < 4.78 is 0. The van der Waals surface area contributed by atoms with Crippen LogP contribution in [-0.4, -0.2) is 53.0 Å². The average molecular weight is 330 g/mol. The fourth-order valence-corrected chi connectivity index (χ4v) is 3.33. The van der Waals surface area contributed by atoms with E-state index in [0.717, 1.165) is 19.5 Å². The summed E-state index contributed by atoms with van der Waals surface area (Å²) in [5.41, 5.74) is 1.19. The minimum absolute atomic E-state index is 0.0535. The van der Waals surface area contributed by atoms with E-state index in [1.54, 1.807) is 17.0 Å². The standard InChI is InChI=1S/C17H22N4O3/c1-2-13-5-6-14(11-16(13)21(23)24)18-17(22)20-10-7-15(12-20)19-8-3-4-9-19/h3-6,11,15H,2,7-10,12H2,1H3,(H,18,22)/t15-/m0/s1. The van der Waals surface area contributed by atoms with Gasteiger partial charge in [-0.25, -0.2) is 4.79 Å². The lowest BCUT2D eigenvalue weighted by atomic mass is 10.1. The first kappa shape index (κ1) is 16.4. The molecule has 0 spiro atoms. The third-order valence-electron chi connectivity index (χ3n) is 4.73. The SMILES string of the molecule is CCc1ccc(NC(=O)N2CC[C@H](N3CC=CC3)C2)cc1[N+](=O)[O-]. The lowest BCUT2D eigenvalue weighted by Crippen LogP contribution is -2.38. The molecule has 1 aromatic carbocycles. The first-order valence-electron chi connectivity index (χ1n) is 8.30. The molecule has 128 valence electrons. The van der Waals surface area contributed by atoms with E-state index in [1.165, 1.54) is 6.07 Å². The average Bonchev–Trinajstić information content (AvgIpc) is 3.25. The fraction of sp³-hybridized carbons (Fsp3) is 0.471. The first-order valence-corrected chi connectivity index (χ1v) is 8.30. The van der Waals surface area contributed by atoms with Gasteiger partial charge in [-0.05, 0) is 18.9 Å². The van der Waals surface area contributed by atoms with Crippen molar-refractivity contribution in [1.82, 2.24) is 9.80 Å². The van der Waals surface area contributed by atoms with E-state index in [2.05, 4.69) is 22.4 Å². The Morgan fingerprint density at radius 3 is 2.79 bits per heavy atom. The van der Waals surface area contributed by atoms with Crippen LogP contribution >= 0.6 is 0 Å². The van der Waals surface area contributed by atoms with Crippen molar-refractivity contribution in [2.45, 2.75) is 25.8 Å². The zero-order valence-electron chi connectivity index (χ0n) is 13.8. The number of likely N-dealkylation sites (tertiary alicyclic amines) is 1. The van der Waals surface area contributed by atoms with Crippen LogP contribution in [0.4, 0.5) is 16.2 Å². The monoisotopic (exact) mass is 330 g/mol. The molecule has 2 aliphatic heterocycles. The minimum atomic E-state index is -0.402. The van der Waals surface area contributed by atoms with Gasteiger partial charge in [0, 0.05) is 49.5 Å². The summed E-state index contributed by atoms with van der Waals surface area (Å²) >= 11 is 0. The molecule has 7 heteroatoms. The van der Waals surface area contributed by atoms with Crippen LogP contribution in [0, 0.1) is 10.1 Å². The number of anilines is 1. The molecule has 1 atom stereocenters. The molecule has 0 unspecified atom stereocenters. The highest BCUT2D eigenvalue weighted by Crippen LogP contribution is 2.25. The molecular formula is C17H22N4O3. The smallest absolute Gasteiger partial charge is 0.321 e. The molecule has 0 aliphatic carbocycles. The van der Waals surface area contributed by atoms with Gasteiger partial charge in [-0.1, -0.05) is 25.1 Å². The first-order chi connectivity index (χ1) is 11.6. The summed E-state index contributed by atoms with van der Waals surface area (Å²) in [7, 11) is 0. The van der Waals surface area contributed by atoms with Crippen molar-refractivity contribution in [1.29, 1.82) is 0 Å². The molecule has 0 saturated carbocycles. The van der Waals surface area contributed by atoms with E-state index in [-0.39, 0.29) is 11.7 Å². The summed E-state index contributed by atoms with van der Waals surface area (Å²) in [5.74, 6) is 0. The number of nitrogens with one attached hydrogen (secondary N) is 1. The number of nitro benzene ring substituents is 1. The number of hydrogen-bond donors (Lipinski definition) is 1. The maximum absolute atomic E-state index is 12.4. The Morgan fingerprint density at radius 2 is 2.12 bits per heavy atom. The summed E-state index contributed by atoms with van der Waals surface area (Å²) in [6.07, 6.45) is 5.85. The van der Waals surface area contributed by atoms with Crippen molar-refractivity contribution < 1.29 is 9.72 Å². The van der Waals surface area contributed by atoms with E-state index in [0.29, 0.717) is 36.8 Å². The molecule has 2 aliphatic rings. The number of nitrogens with zero attached hydrogens (tertiary/aromatic N) is 3. The second-order valence-electron chi connectivity index (χ2n) is 6.20. The Kier molecular flexibility index (Phi) is 4.80. The Morgan fingerprint density at radius 1 is 1.38 bits per heavy atom. The molecule has 0 radical (unpaired) electrons. The molecule has 0 bridgehead atoms. The van der Waals surface area contributed by atoms with E-state index in [1.807, 2.05) is 6.92 Å². The zero-order chi connectivity index (χ0) is 17.1. The maximum Gasteiger partial charge on any atom is 0.321 e. The largest absolute Gasteiger partial charge is 0.323 e. The fourth-order valence-electron chi connectivity index (χ4n) is 3.33. The van der Waals surface area contributed by atoms with Gasteiger partial charge in [-0.3, -0.25) is 15.0 Å². The van der Waals surface area contributed by atoms with Crippen LogP contribution < -0.4 is 5.32 Å². The van der Waals surface area contributed by atoms with Gasteiger partial charge in [0.2, 0.25) is 0 Å². The molecule has 1 fully saturated rings. The van der Waals surface area contributed by atoms with Crippen LogP contribution in [0.5, 0.6) is 0 Å². The predicted octanol–water partition coefficient (Wildman–Crippen LogP) is 2.64. The highest BCUT2D eigenvalue weighted by Gasteiger charge is 2.30. The summed E-state index contributed by atoms with van der Waals surface area (Å²) in [4.78, 5) is 27.3. The number of hydrogen-bond acceptors (Lipinski definition) is 4. The van der Waals surface area contributed by atoms with E-state index in [4.69, 9.17) is 0 Å². The van der Waals surface area contributed by atoms with Crippen molar-refractivity contribution in [3.05, 3.63) is 46.0 Å². The number of benzene rings is 1. The quantitative estimate of drug-likeness (QED) is 0.523. The Hall–Kier alpha value is -2.41. The van der Waals surface area contributed by atoms with Gasteiger partial charge in [-0.2, -0.15) is 0 Å². The highest BCUT2D eigenvalue weighted by atomic mass is 16.6. The van der Waals surface area contributed by atoms with Gasteiger partial charge in [0.1, 0.15) is 0 Å². The van der Waals surface area contributed by atoms with Crippen LogP contribution in [0.3, 0.4) is 0 Å². The van der Waals surface area contributed by atoms with E-state index < -0.39 is 4.92 Å². The van der Waals surface area contributed by atoms with Gasteiger partial charge < -0.3 is 10.2 Å². The van der Waals surface area contributed by atoms with Crippen molar-refractivity contribution >= 4 is 17.4 Å². The molecule has 7 nitrogen and oxygen atoms in total. The normalized spacial score (nSPS) is 20.5. The number of urea groups is 1. The Labute approximate surface area is 141 Å². The number of nitro groups is 1. The summed E-state index contributed by atoms with van der Waals surface area (Å²) in [6, 6.07) is 5.07. The van der Waals surface area contributed by atoms with Gasteiger partial charge in [0.25, 0.3) is 5.69 Å². The molecule has 2 amide bonds. The van der Waals surface area contributed by atoms with Crippen molar-refractivity contribution in [3.63, 3.8) is 0 Å². The predicted molar refractivity (Wildman–Crippen MR) is 92.2 cm³/mol. The topological polar surface area (TPSA) is 78.7 Å². The molecule has 24 heavy (non-hydrogen) atoms. The second kappa shape index (κ2) is 7.00. The maximum atomic E-state index is 12.4. The van der Waals surface area contributed by atoms with Gasteiger partial charge in [0.05, 0.1) is 4.92 Å². The van der Waals surface area contributed by atoms with E-state index >= 15 is 0 Å². The van der Waals surface area contributed by atoms with Gasteiger partial charge in [-0.15, -0.1) is 0 Å². The number of carbonyl (C=O) groups is 1. The molecule has 3 rings (SSSR count). The molecule has 2 heterocycles. The molecule has 0 aromatic heterocycles. The number of amides is 2. The number of rotatable bonds is 4. The Bertz CT molecular complexity index is 666. The lowest BCUT2D eigenvalue weighted by Gasteiger charge is -2.23. The number of aryl methyl sites for hydroxylation is 1. The van der Waals surface area contributed by atoms with E-state index in [9.17, 15) is 14.9 Å². The van der Waals surface area contributed by atoms with Crippen LogP contribution in [0.1, 0.15) is 18.9 Å². The summed E-state index contributed by atoms with van der Waals surface area (Å²) in [6.45, 7) is 5.18. The zero-order valence-corrected chi connectivity index (χ0v) is 13.8. The molecular weight excluding hydrogens is 308 g/mol. The Balaban J connectivity index is 1.63. The van der Waals surface area contributed by atoms with Gasteiger partial charge >= 0.3 is 6.03 Å². The second-order valence-corrected chi connectivity index (χ2v) is 6.20. The molecule has 1 aromatic rings. The van der Waals surface area contributed by atoms with Gasteiger partial charge in [0.15, 0.2) is 0 Å². The molecule has 1 N–H and O–H groups in total. The van der Waals surface area contributed by atoms with Crippen LogP contribution in [0.25, 0.3) is 0 Å². The lowest BCUT2D eigenvalue weighted by molar-refractivity contribution is -0.385. The molecule has 1 saturated heterocycles. The van der Waals surface area contributed by atoms with Crippen molar-refractivity contribution in [3.8, 4) is 0 Å². The number of carbonyl (C=O) groups excluding carboxylic acids is 1. The minimum Gasteiger partial charge on any atom is -0.323 e. The van der Waals surface area contributed by atoms with Crippen LogP contribution in [0.2, 0.25) is 0 Å². The van der Waals surface area contributed by atoms with Crippen LogP contribution in [-0.2, 0) is 6.42 Å². The van der Waals surface area contributed by atoms with Crippen LogP contribution in [0.15, 0.2) is 30.4 Å². The van der Waals surface area contributed by atoms with Crippen molar-refractivity contribution in [2.24, 2.45) is 0 Å². The highest BCUT2D eigenvalue weighted by molar-refractivity contribution is 5.90. The van der Waals surface area contributed by atoms with Crippen molar-refractivity contribution in [2.75, 3.05) is 31.5 Å². The summed E-state index contributed by atoms with van der Waals surface area (Å²) in [5, 5.41) is 13.9. The third-order valence-corrected chi connectivity index (χ3v) is 4.73. The third kappa shape index (κ3) is 3.41.